The lowest BCUT2D eigenvalue weighted by Crippen LogP contribution is -2.46. The molecule has 1 unspecified atom stereocenters. The monoisotopic (exact) mass is 340 g/mol. The van der Waals surface area contributed by atoms with E-state index in [4.69, 9.17) is 0 Å². The highest BCUT2D eigenvalue weighted by molar-refractivity contribution is 7.91. The van der Waals surface area contributed by atoms with E-state index in [9.17, 15) is 13.2 Å². The maximum Gasteiger partial charge on any atom is 0.246 e. The molecule has 0 bridgehead atoms. The number of carbonyl (C=O) groups is 1. The van der Waals surface area contributed by atoms with E-state index in [1.165, 1.54) is 12.8 Å². The van der Waals surface area contributed by atoms with Gasteiger partial charge < -0.3 is 5.32 Å². The lowest BCUT2D eigenvalue weighted by atomic mass is 10.1. The number of amides is 1. The number of nitrogens with one attached hydrogen (secondary N) is 1. The minimum absolute atomic E-state index is 0.0232. The number of carbonyl (C=O) groups excluding carboxylic acids is 1. The molecule has 1 atom stereocenters. The third kappa shape index (κ3) is 4.11. The largest absolute Gasteiger partial charge is 0.354 e. The molecule has 0 radical (unpaired) electrons. The van der Waals surface area contributed by atoms with Gasteiger partial charge in [0.1, 0.15) is 6.04 Å². The first kappa shape index (κ1) is 16.4. The lowest BCUT2D eigenvalue weighted by Gasteiger charge is -2.33. The number of fused-ring (bicyclic) bond motifs is 1. The van der Waals surface area contributed by atoms with Crippen LogP contribution in [0.3, 0.4) is 0 Å². The molecule has 128 valence electrons. The summed E-state index contributed by atoms with van der Waals surface area (Å²) in [7, 11) is -3.00. The molecule has 0 saturated heterocycles. The maximum atomic E-state index is 12.5. The molecule has 8 heteroatoms. The normalized spacial score (nSPS) is 21.9. The molecule has 1 aliphatic heterocycles. The van der Waals surface area contributed by atoms with Gasteiger partial charge in [0.25, 0.3) is 0 Å². The molecule has 2 heterocycles. The number of sulfone groups is 1. The maximum absolute atomic E-state index is 12.5. The molecule has 23 heavy (non-hydrogen) atoms. The molecule has 1 N–H and O–H groups in total. The highest BCUT2D eigenvalue weighted by Gasteiger charge is 2.32. The van der Waals surface area contributed by atoms with Gasteiger partial charge in [-0.2, -0.15) is 5.10 Å². The van der Waals surface area contributed by atoms with Crippen molar-refractivity contribution in [3.8, 4) is 0 Å². The number of hydrogen-bond donors (Lipinski definition) is 1. The van der Waals surface area contributed by atoms with Gasteiger partial charge in [-0.3, -0.25) is 14.4 Å². The Morgan fingerprint density at radius 2 is 2.22 bits per heavy atom. The van der Waals surface area contributed by atoms with Gasteiger partial charge in [-0.25, -0.2) is 8.42 Å². The number of hydrogen-bond acceptors (Lipinski definition) is 5. The molecule has 0 spiro atoms. The van der Waals surface area contributed by atoms with Gasteiger partial charge in [0.05, 0.1) is 11.4 Å². The van der Waals surface area contributed by atoms with E-state index in [0.717, 1.165) is 12.2 Å². The van der Waals surface area contributed by atoms with Gasteiger partial charge >= 0.3 is 0 Å². The summed E-state index contributed by atoms with van der Waals surface area (Å²) in [4.78, 5) is 14.5. The van der Waals surface area contributed by atoms with Crippen molar-refractivity contribution in [1.82, 2.24) is 20.0 Å². The molecular weight excluding hydrogens is 316 g/mol. The molecule has 7 nitrogen and oxygen atoms in total. The zero-order valence-corrected chi connectivity index (χ0v) is 14.3. The summed E-state index contributed by atoms with van der Waals surface area (Å²) < 4.78 is 25.2. The molecule has 1 fully saturated rings. The van der Waals surface area contributed by atoms with Crippen molar-refractivity contribution in [1.29, 1.82) is 0 Å². The Labute approximate surface area is 137 Å². The molecule has 3 rings (SSSR count). The topological polar surface area (TPSA) is 84.3 Å². The van der Waals surface area contributed by atoms with E-state index in [1.54, 1.807) is 17.8 Å². The zero-order chi connectivity index (χ0) is 16.4. The summed E-state index contributed by atoms with van der Waals surface area (Å²) in [6, 6.07) is 1.51. The summed E-state index contributed by atoms with van der Waals surface area (Å²) in [6.07, 6.45) is 4.08. The predicted octanol–water partition coefficient (Wildman–Crippen LogP) is 0.201. The predicted molar refractivity (Wildman–Crippen MR) is 86.6 cm³/mol. The second kappa shape index (κ2) is 6.60. The van der Waals surface area contributed by atoms with E-state index in [-0.39, 0.29) is 23.5 Å². The zero-order valence-electron chi connectivity index (χ0n) is 13.4. The fraction of sp³-hybridized carbons (Fsp3) is 0.733. The van der Waals surface area contributed by atoms with Crippen molar-refractivity contribution < 1.29 is 13.2 Å². The third-order valence-electron chi connectivity index (χ3n) is 4.59. The molecule has 1 aromatic rings. The van der Waals surface area contributed by atoms with Crippen molar-refractivity contribution in [2.45, 2.75) is 32.4 Å². The van der Waals surface area contributed by atoms with Gasteiger partial charge in [0.2, 0.25) is 5.91 Å². The minimum Gasteiger partial charge on any atom is -0.354 e. The van der Waals surface area contributed by atoms with Crippen LogP contribution in [0.25, 0.3) is 0 Å². The molecule has 1 amide bonds. The van der Waals surface area contributed by atoms with Crippen molar-refractivity contribution in [2.24, 2.45) is 5.92 Å². The average molecular weight is 340 g/mol. The quantitative estimate of drug-likeness (QED) is 0.766. The smallest absolute Gasteiger partial charge is 0.246 e. The fourth-order valence-corrected chi connectivity index (χ4v) is 3.65. The SMILES string of the molecule is CCS(=O)(=O)CCN1Cc2ccnn2C(C(=O)NCC2CC2)C1. The summed E-state index contributed by atoms with van der Waals surface area (Å²) >= 11 is 0. The fourth-order valence-electron chi connectivity index (χ4n) is 2.82. The molecule has 2 aliphatic rings. The number of nitrogens with zero attached hydrogens (tertiary/aromatic N) is 3. The highest BCUT2D eigenvalue weighted by atomic mass is 32.2. The van der Waals surface area contributed by atoms with Crippen molar-refractivity contribution in [3.05, 3.63) is 18.0 Å². The third-order valence-corrected chi connectivity index (χ3v) is 6.27. The number of aromatic nitrogens is 2. The lowest BCUT2D eigenvalue weighted by molar-refractivity contribution is -0.126. The van der Waals surface area contributed by atoms with E-state index >= 15 is 0 Å². The first-order valence-corrected chi connectivity index (χ1v) is 10.0. The van der Waals surface area contributed by atoms with Crippen molar-refractivity contribution in [3.63, 3.8) is 0 Å². The van der Waals surface area contributed by atoms with Crippen LogP contribution >= 0.6 is 0 Å². The molecule has 1 aliphatic carbocycles. The Hall–Kier alpha value is -1.41. The Balaban J connectivity index is 1.65. The van der Waals surface area contributed by atoms with Crippen molar-refractivity contribution in [2.75, 3.05) is 31.1 Å². The summed E-state index contributed by atoms with van der Waals surface area (Å²) in [5, 5.41) is 7.28. The van der Waals surface area contributed by atoms with Crippen LogP contribution < -0.4 is 5.32 Å². The van der Waals surface area contributed by atoms with Crippen LogP contribution in [0.5, 0.6) is 0 Å². The second-order valence-corrected chi connectivity index (χ2v) is 8.92. The first-order valence-electron chi connectivity index (χ1n) is 8.21. The van der Waals surface area contributed by atoms with Gasteiger partial charge in [-0.1, -0.05) is 6.92 Å². The van der Waals surface area contributed by atoms with E-state index < -0.39 is 9.84 Å². The van der Waals surface area contributed by atoms with Crippen LogP contribution in [0.1, 0.15) is 31.5 Å². The molecule has 1 saturated carbocycles. The van der Waals surface area contributed by atoms with E-state index in [0.29, 0.717) is 25.6 Å². The van der Waals surface area contributed by atoms with Crippen LogP contribution in [0.15, 0.2) is 12.3 Å². The summed E-state index contributed by atoms with van der Waals surface area (Å²) in [5.74, 6) is 0.897. The molecule has 0 aromatic carbocycles. The van der Waals surface area contributed by atoms with Crippen LogP contribution in [0, 0.1) is 5.92 Å². The Morgan fingerprint density at radius 1 is 1.43 bits per heavy atom. The van der Waals surface area contributed by atoms with Crippen molar-refractivity contribution >= 4 is 15.7 Å². The first-order chi connectivity index (χ1) is 11.0. The van der Waals surface area contributed by atoms with Crippen LogP contribution in [0.4, 0.5) is 0 Å². The average Bonchev–Trinajstić information content (AvgIpc) is 3.25. The van der Waals surface area contributed by atoms with E-state index in [2.05, 4.69) is 10.4 Å². The number of rotatable bonds is 7. The summed E-state index contributed by atoms with van der Waals surface area (Å²) in [6.45, 7) is 3.98. The minimum atomic E-state index is -3.00. The molecule has 1 aromatic heterocycles. The van der Waals surface area contributed by atoms with Gasteiger partial charge in [-0.15, -0.1) is 0 Å². The Bertz CT molecular complexity index is 666. The van der Waals surface area contributed by atoms with Crippen LogP contribution in [-0.4, -0.2) is 60.1 Å². The van der Waals surface area contributed by atoms with Crippen LogP contribution in [-0.2, 0) is 21.2 Å². The van der Waals surface area contributed by atoms with Gasteiger partial charge in [0.15, 0.2) is 9.84 Å². The standard InChI is InChI=1S/C15H24N4O3S/c1-2-23(21,22)8-7-18-10-13-5-6-17-19(13)14(11-18)15(20)16-9-12-3-4-12/h5-6,12,14H,2-4,7-11H2,1H3,(H,16,20). The van der Waals surface area contributed by atoms with Crippen LogP contribution in [0.2, 0.25) is 0 Å². The summed E-state index contributed by atoms with van der Waals surface area (Å²) in [5.41, 5.74) is 0.955. The van der Waals surface area contributed by atoms with Gasteiger partial charge in [0, 0.05) is 38.1 Å². The van der Waals surface area contributed by atoms with Gasteiger partial charge in [-0.05, 0) is 24.8 Å². The Kier molecular flexibility index (Phi) is 4.72. The Morgan fingerprint density at radius 3 is 2.91 bits per heavy atom. The second-order valence-electron chi connectivity index (χ2n) is 6.44. The molecular formula is C15H24N4O3S. The van der Waals surface area contributed by atoms with E-state index in [1.807, 2.05) is 11.0 Å². The highest BCUT2D eigenvalue weighted by Crippen LogP contribution is 2.28.